The number of aromatic nitrogens is 2. The van der Waals surface area contributed by atoms with E-state index in [1.807, 2.05) is 30.5 Å². The summed E-state index contributed by atoms with van der Waals surface area (Å²) in [6.07, 6.45) is 5.09. The van der Waals surface area contributed by atoms with Crippen LogP contribution in [0.15, 0.2) is 54.9 Å². The molecule has 0 atom stereocenters. The van der Waals surface area contributed by atoms with Gasteiger partial charge in [0.15, 0.2) is 0 Å². The van der Waals surface area contributed by atoms with E-state index in [0.29, 0.717) is 6.54 Å². The van der Waals surface area contributed by atoms with E-state index in [0.717, 1.165) is 54.9 Å². The molecule has 2 fully saturated rings. The SMILES string of the molecule is O=C1N(c2ccc(-c3cn[nH]c3)cc2)CC2(CCNCC2)N1Cc1cc(F)ccc1F. The van der Waals surface area contributed by atoms with Crippen LogP contribution in [0.25, 0.3) is 11.1 Å². The zero-order valence-electron chi connectivity index (χ0n) is 16.9. The minimum atomic E-state index is -0.505. The zero-order valence-corrected chi connectivity index (χ0v) is 16.9. The van der Waals surface area contributed by atoms with Gasteiger partial charge >= 0.3 is 6.03 Å². The van der Waals surface area contributed by atoms with Crippen molar-refractivity contribution >= 4 is 11.7 Å². The van der Waals surface area contributed by atoms with Crippen LogP contribution in [0.4, 0.5) is 19.3 Å². The van der Waals surface area contributed by atoms with E-state index in [1.165, 1.54) is 6.07 Å². The number of hydrogen-bond acceptors (Lipinski definition) is 3. The average molecular weight is 423 g/mol. The summed E-state index contributed by atoms with van der Waals surface area (Å²) in [7, 11) is 0. The van der Waals surface area contributed by atoms with Gasteiger partial charge in [-0.2, -0.15) is 5.10 Å². The first-order valence-electron chi connectivity index (χ1n) is 10.4. The van der Waals surface area contributed by atoms with Gasteiger partial charge in [-0.05, 0) is 61.8 Å². The van der Waals surface area contributed by atoms with Crippen LogP contribution in [0.3, 0.4) is 0 Å². The summed E-state index contributed by atoms with van der Waals surface area (Å²) >= 11 is 0. The number of halogens is 2. The van der Waals surface area contributed by atoms with Crippen molar-refractivity contribution in [3.63, 3.8) is 0 Å². The molecular weight excluding hydrogens is 400 g/mol. The summed E-state index contributed by atoms with van der Waals surface area (Å²) in [6.45, 7) is 2.13. The van der Waals surface area contributed by atoms with Gasteiger partial charge in [0.25, 0.3) is 0 Å². The molecule has 2 aromatic carbocycles. The van der Waals surface area contributed by atoms with Gasteiger partial charge in [-0.3, -0.25) is 10.00 Å². The Morgan fingerprint density at radius 1 is 1.03 bits per heavy atom. The van der Waals surface area contributed by atoms with Gasteiger partial charge in [0, 0.05) is 23.0 Å². The number of carbonyl (C=O) groups excluding carboxylic acids is 1. The maximum Gasteiger partial charge on any atom is 0.325 e. The van der Waals surface area contributed by atoms with Gasteiger partial charge in [-0.15, -0.1) is 0 Å². The average Bonchev–Trinajstić information content (AvgIpc) is 3.41. The number of hydrogen-bond donors (Lipinski definition) is 2. The molecule has 3 aromatic rings. The van der Waals surface area contributed by atoms with Gasteiger partial charge in [0.1, 0.15) is 11.6 Å². The molecule has 2 aliphatic heterocycles. The zero-order chi connectivity index (χ0) is 21.4. The Bertz CT molecular complexity index is 1080. The predicted octanol–water partition coefficient (Wildman–Crippen LogP) is 3.92. The number of nitrogens with zero attached hydrogens (tertiary/aromatic N) is 3. The Morgan fingerprint density at radius 2 is 1.81 bits per heavy atom. The molecule has 1 aromatic heterocycles. The normalized spacial score (nSPS) is 18.2. The molecule has 8 heteroatoms. The molecule has 6 nitrogen and oxygen atoms in total. The molecule has 0 aliphatic carbocycles. The van der Waals surface area contributed by atoms with E-state index in [4.69, 9.17) is 0 Å². The van der Waals surface area contributed by atoms with Crippen molar-refractivity contribution in [3.05, 3.63) is 72.1 Å². The van der Waals surface area contributed by atoms with Crippen LogP contribution in [0.5, 0.6) is 0 Å². The molecule has 2 N–H and O–H groups in total. The number of nitrogens with one attached hydrogen (secondary N) is 2. The van der Waals surface area contributed by atoms with Gasteiger partial charge in [-0.1, -0.05) is 12.1 Å². The molecule has 0 unspecified atom stereocenters. The van der Waals surface area contributed by atoms with E-state index >= 15 is 0 Å². The van der Waals surface area contributed by atoms with Crippen molar-refractivity contribution < 1.29 is 13.6 Å². The highest BCUT2D eigenvalue weighted by atomic mass is 19.1. The van der Waals surface area contributed by atoms with Crippen LogP contribution < -0.4 is 10.2 Å². The third-order valence-corrected chi connectivity index (χ3v) is 6.37. The van der Waals surface area contributed by atoms with Crippen molar-refractivity contribution in [2.45, 2.75) is 24.9 Å². The van der Waals surface area contributed by atoms with E-state index in [-0.39, 0.29) is 18.1 Å². The second-order valence-electron chi connectivity index (χ2n) is 8.20. The Hall–Kier alpha value is -3.26. The van der Waals surface area contributed by atoms with Crippen LogP contribution >= 0.6 is 0 Å². The molecule has 31 heavy (non-hydrogen) atoms. The number of rotatable bonds is 4. The molecule has 5 rings (SSSR count). The Labute approximate surface area is 178 Å². The van der Waals surface area contributed by atoms with Crippen LogP contribution in [0, 0.1) is 11.6 Å². The lowest BCUT2D eigenvalue weighted by atomic mass is 9.87. The third kappa shape index (κ3) is 3.57. The van der Waals surface area contributed by atoms with Crippen LogP contribution in [-0.2, 0) is 6.54 Å². The topological polar surface area (TPSA) is 64.3 Å². The second kappa shape index (κ2) is 7.77. The first-order chi connectivity index (χ1) is 15.1. The molecular formula is C23H23F2N5O. The van der Waals surface area contributed by atoms with E-state index < -0.39 is 17.2 Å². The molecule has 160 valence electrons. The minimum Gasteiger partial charge on any atom is -0.317 e. The highest BCUT2D eigenvalue weighted by Gasteiger charge is 2.50. The summed E-state index contributed by atoms with van der Waals surface area (Å²) in [6, 6.07) is 11.0. The number of carbonyl (C=O) groups is 1. The number of H-pyrrole nitrogens is 1. The van der Waals surface area contributed by atoms with Gasteiger partial charge in [-0.25, -0.2) is 13.6 Å². The lowest BCUT2D eigenvalue weighted by Gasteiger charge is -2.40. The maximum atomic E-state index is 14.4. The Balaban J connectivity index is 1.46. The van der Waals surface area contributed by atoms with Crippen molar-refractivity contribution in [2.75, 3.05) is 24.5 Å². The standard InChI is InChI=1S/C23H23F2N5O/c24-19-3-6-21(25)17(11-19)14-30-22(31)29(15-23(30)7-9-26-10-8-23)20-4-1-16(2-5-20)18-12-27-28-13-18/h1-6,11-13,26H,7-10,14-15H2,(H,27,28). The van der Waals surface area contributed by atoms with Gasteiger partial charge < -0.3 is 10.2 Å². The summed E-state index contributed by atoms with van der Waals surface area (Å²) < 4.78 is 28.1. The first kappa shape index (κ1) is 19.7. The van der Waals surface area contributed by atoms with Gasteiger partial charge in [0.05, 0.1) is 24.8 Å². The smallest absolute Gasteiger partial charge is 0.317 e. The number of aromatic amines is 1. The Kier molecular flexibility index (Phi) is 4.94. The van der Waals surface area contributed by atoms with Crippen LogP contribution in [0.2, 0.25) is 0 Å². The van der Waals surface area contributed by atoms with Crippen molar-refractivity contribution in [1.82, 2.24) is 20.4 Å². The maximum absolute atomic E-state index is 14.4. The highest BCUT2D eigenvalue weighted by Crippen LogP contribution is 2.38. The summed E-state index contributed by atoms with van der Waals surface area (Å²) in [5.74, 6) is -1.00. The van der Waals surface area contributed by atoms with Crippen LogP contribution in [0.1, 0.15) is 18.4 Å². The molecule has 2 saturated heterocycles. The van der Waals surface area contributed by atoms with E-state index in [9.17, 15) is 13.6 Å². The van der Waals surface area contributed by atoms with Crippen molar-refractivity contribution in [2.24, 2.45) is 0 Å². The summed E-state index contributed by atoms with van der Waals surface area (Å²) in [5, 5.41) is 10.1. The van der Waals surface area contributed by atoms with Gasteiger partial charge in [0.2, 0.25) is 0 Å². The molecule has 0 bridgehead atoms. The van der Waals surface area contributed by atoms with E-state index in [1.54, 1.807) is 16.0 Å². The lowest BCUT2D eigenvalue weighted by Crippen LogP contribution is -2.53. The fraction of sp³-hybridized carbons (Fsp3) is 0.304. The quantitative estimate of drug-likeness (QED) is 0.669. The van der Waals surface area contributed by atoms with Crippen LogP contribution in [-0.4, -0.2) is 46.3 Å². The first-order valence-corrected chi connectivity index (χ1v) is 10.4. The largest absolute Gasteiger partial charge is 0.325 e. The second-order valence-corrected chi connectivity index (χ2v) is 8.20. The molecule has 0 radical (unpaired) electrons. The van der Waals surface area contributed by atoms with E-state index in [2.05, 4.69) is 15.5 Å². The molecule has 0 saturated carbocycles. The highest BCUT2D eigenvalue weighted by molar-refractivity contribution is 5.95. The lowest BCUT2D eigenvalue weighted by molar-refractivity contribution is 0.118. The number of amides is 2. The number of piperidine rings is 1. The fourth-order valence-corrected chi connectivity index (χ4v) is 4.63. The predicted molar refractivity (Wildman–Crippen MR) is 114 cm³/mol. The monoisotopic (exact) mass is 423 g/mol. The molecule has 3 heterocycles. The number of benzene rings is 2. The van der Waals surface area contributed by atoms with Crippen molar-refractivity contribution in [1.29, 1.82) is 0 Å². The Morgan fingerprint density at radius 3 is 2.52 bits per heavy atom. The number of anilines is 1. The molecule has 2 amide bonds. The summed E-state index contributed by atoms with van der Waals surface area (Å²) in [5.41, 5.74) is 2.54. The molecule has 2 aliphatic rings. The fourth-order valence-electron chi connectivity index (χ4n) is 4.63. The minimum absolute atomic E-state index is 0.0476. The molecule has 1 spiro atoms. The van der Waals surface area contributed by atoms with Crippen molar-refractivity contribution in [3.8, 4) is 11.1 Å². The summed E-state index contributed by atoms with van der Waals surface area (Å²) in [4.78, 5) is 17.0. The number of urea groups is 1. The third-order valence-electron chi connectivity index (χ3n) is 6.37.